The van der Waals surface area contributed by atoms with Gasteiger partial charge in [-0.25, -0.2) is 0 Å². The molecular formula is C12H12BrN. The van der Waals surface area contributed by atoms with E-state index in [2.05, 4.69) is 57.2 Å². The maximum absolute atomic E-state index is 3.46. The van der Waals surface area contributed by atoms with Gasteiger partial charge >= 0.3 is 0 Å². The molecule has 3 rings (SSSR count). The number of benzene rings is 1. The molecule has 2 atom stereocenters. The minimum atomic E-state index is 0.818. The maximum Gasteiger partial charge on any atom is 0.0367 e. The summed E-state index contributed by atoms with van der Waals surface area (Å²) in [7, 11) is 0. The molecule has 1 heterocycles. The van der Waals surface area contributed by atoms with E-state index in [1.54, 1.807) is 0 Å². The van der Waals surface area contributed by atoms with Crippen LogP contribution in [0.2, 0.25) is 0 Å². The zero-order valence-corrected chi connectivity index (χ0v) is 9.44. The number of hydrogen-bond acceptors (Lipinski definition) is 1. The van der Waals surface area contributed by atoms with Crippen molar-refractivity contribution in [2.24, 2.45) is 11.8 Å². The van der Waals surface area contributed by atoms with Crippen LogP contribution in [0, 0.1) is 11.8 Å². The first kappa shape index (κ1) is 8.54. The molecule has 1 saturated heterocycles. The molecule has 1 aromatic rings. The van der Waals surface area contributed by atoms with Crippen molar-refractivity contribution >= 4 is 21.6 Å². The molecule has 0 aromatic heterocycles. The van der Waals surface area contributed by atoms with Crippen LogP contribution in [0.15, 0.2) is 40.9 Å². The molecule has 1 fully saturated rings. The fourth-order valence-electron chi connectivity index (χ4n) is 2.26. The SMILES string of the molecule is Brc1ccc(N2CC3C=CC3C2)cc1. The average molecular weight is 250 g/mol. The van der Waals surface area contributed by atoms with E-state index < -0.39 is 0 Å². The third-order valence-electron chi connectivity index (χ3n) is 3.21. The quantitative estimate of drug-likeness (QED) is 0.692. The van der Waals surface area contributed by atoms with Crippen molar-refractivity contribution in [3.63, 3.8) is 0 Å². The van der Waals surface area contributed by atoms with Crippen molar-refractivity contribution < 1.29 is 0 Å². The Labute approximate surface area is 92.5 Å². The molecule has 2 unspecified atom stereocenters. The summed E-state index contributed by atoms with van der Waals surface area (Å²) in [4.78, 5) is 2.47. The number of rotatable bonds is 1. The summed E-state index contributed by atoms with van der Waals surface area (Å²) in [6.45, 7) is 2.39. The van der Waals surface area contributed by atoms with Crippen molar-refractivity contribution in [1.29, 1.82) is 0 Å². The highest BCUT2D eigenvalue weighted by atomic mass is 79.9. The van der Waals surface area contributed by atoms with Crippen molar-refractivity contribution in [2.75, 3.05) is 18.0 Å². The first-order chi connectivity index (χ1) is 6.83. The van der Waals surface area contributed by atoms with Gasteiger partial charge in [-0.15, -0.1) is 0 Å². The first-order valence-electron chi connectivity index (χ1n) is 5.02. The van der Waals surface area contributed by atoms with Gasteiger partial charge in [0, 0.05) is 35.1 Å². The third kappa shape index (κ3) is 1.29. The number of anilines is 1. The van der Waals surface area contributed by atoms with Crippen LogP contribution in [0.3, 0.4) is 0 Å². The van der Waals surface area contributed by atoms with Gasteiger partial charge in [0.25, 0.3) is 0 Å². The van der Waals surface area contributed by atoms with Gasteiger partial charge in [0.15, 0.2) is 0 Å². The molecular weight excluding hydrogens is 238 g/mol. The van der Waals surface area contributed by atoms with E-state index in [4.69, 9.17) is 0 Å². The van der Waals surface area contributed by atoms with E-state index in [9.17, 15) is 0 Å². The fourth-order valence-corrected chi connectivity index (χ4v) is 2.53. The number of halogens is 1. The molecule has 0 bridgehead atoms. The van der Waals surface area contributed by atoms with Gasteiger partial charge in [0.05, 0.1) is 0 Å². The largest absolute Gasteiger partial charge is 0.370 e. The number of hydrogen-bond donors (Lipinski definition) is 0. The Balaban J connectivity index is 1.80. The molecule has 1 aliphatic heterocycles. The Bertz CT molecular complexity index is 354. The lowest BCUT2D eigenvalue weighted by atomic mass is 9.86. The number of nitrogens with zero attached hydrogens (tertiary/aromatic N) is 1. The van der Waals surface area contributed by atoms with E-state index in [1.165, 1.54) is 18.8 Å². The normalized spacial score (nSPS) is 28.8. The zero-order valence-electron chi connectivity index (χ0n) is 7.86. The van der Waals surface area contributed by atoms with Crippen LogP contribution in [0.4, 0.5) is 5.69 Å². The van der Waals surface area contributed by atoms with E-state index in [0.29, 0.717) is 0 Å². The Morgan fingerprint density at radius 1 is 1.00 bits per heavy atom. The van der Waals surface area contributed by atoms with Crippen molar-refractivity contribution in [1.82, 2.24) is 0 Å². The molecule has 0 saturated carbocycles. The van der Waals surface area contributed by atoms with Crippen LogP contribution in [-0.4, -0.2) is 13.1 Å². The maximum atomic E-state index is 3.46. The highest BCUT2D eigenvalue weighted by Gasteiger charge is 2.34. The second-order valence-corrected chi connectivity index (χ2v) is 5.01. The summed E-state index contributed by atoms with van der Waals surface area (Å²) in [5.41, 5.74) is 1.35. The Morgan fingerprint density at radius 3 is 2.07 bits per heavy atom. The van der Waals surface area contributed by atoms with Crippen LogP contribution in [0.5, 0.6) is 0 Å². The standard InChI is InChI=1S/C12H12BrN/c13-11-3-5-12(6-4-11)14-7-9-1-2-10(9)8-14/h1-6,9-10H,7-8H2. The minimum Gasteiger partial charge on any atom is -0.370 e. The molecule has 0 radical (unpaired) electrons. The highest BCUT2D eigenvalue weighted by molar-refractivity contribution is 9.10. The molecule has 0 N–H and O–H groups in total. The summed E-state index contributed by atoms with van der Waals surface area (Å²) >= 11 is 3.46. The lowest BCUT2D eigenvalue weighted by Crippen LogP contribution is -2.18. The Hall–Kier alpha value is -0.760. The Morgan fingerprint density at radius 2 is 1.57 bits per heavy atom. The van der Waals surface area contributed by atoms with Crippen LogP contribution in [0.25, 0.3) is 0 Å². The second-order valence-electron chi connectivity index (χ2n) is 4.09. The van der Waals surface area contributed by atoms with Gasteiger partial charge < -0.3 is 4.90 Å². The van der Waals surface area contributed by atoms with Crippen molar-refractivity contribution in [3.05, 3.63) is 40.9 Å². The second kappa shape index (κ2) is 3.13. The summed E-state index contributed by atoms with van der Waals surface area (Å²) < 4.78 is 1.15. The molecule has 1 aromatic carbocycles. The third-order valence-corrected chi connectivity index (χ3v) is 3.74. The lowest BCUT2D eigenvalue weighted by molar-refractivity contribution is 0.541. The summed E-state index contributed by atoms with van der Waals surface area (Å²) in [6, 6.07) is 8.61. The Kier molecular flexibility index (Phi) is 1.91. The summed E-state index contributed by atoms with van der Waals surface area (Å²) in [5, 5.41) is 0. The molecule has 0 amide bonds. The lowest BCUT2D eigenvalue weighted by Gasteiger charge is -2.17. The van der Waals surface area contributed by atoms with Crippen LogP contribution in [-0.2, 0) is 0 Å². The molecule has 72 valence electrons. The van der Waals surface area contributed by atoms with E-state index in [-0.39, 0.29) is 0 Å². The summed E-state index contributed by atoms with van der Waals surface area (Å²) in [5.74, 6) is 1.64. The summed E-state index contributed by atoms with van der Waals surface area (Å²) in [6.07, 6.45) is 4.67. The fraction of sp³-hybridized carbons (Fsp3) is 0.333. The predicted octanol–water partition coefficient (Wildman–Crippen LogP) is 3.07. The molecule has 1 aliphatic carbocycles. The number of fused-ring (bicyclic) bond motifs is 1. The molecule has 2 heteroatoms. The monoisotopic (exact) mass is 249 g/mol. The molecule has 1 nitrogen and oxygen atoms in total. The smallest absolute Gasteiger partial charge is 0.0367 e. The van der Waals surface area contributed by atoms with Crippen LogP contribution < -0.4 is 4.90 Å². The van der Waals surface area contributed by atoms with Gasteiger partial charge in [0.2, 0.25) is 0 Å². The first-order valence-corrected chi connectivity index (χ1v) is 5.81. The van der Waals surface area contributed by atoms with E-state index >= 15 is 0 Å². The molecule has 0 spiro atoms. The zero-order chi connectivity index (χ0) is 9.54. The predicted molar refractivity (Wildman–Crippen MR) is 62.5 cm³/mol. The van der Waals surface area contributed by atoms with Gasteiger partial charge in [-0.2, -0.15) is 0 Å². The van der Waals surface area contributed by atoms with Crippen molar-refractivity contribution in [3.8, 4) is 0 Å². The topological polar surface area (TPSA) is 3.24 Å². The minimum absolute atomic E-state index is 0.818. The highest BCUT2D eigenvalue weighted by Crippen LogP contribution is 2.35. The molecule has 14 heavy (non-hydrogen) atoms. The average Bonchev–Trinajstić information content (AvgIpc) is 2.45. The van der Waals surface area contributed by atoms with Crippen molar-refractivity contribution in [2.45, 2.75) is 0 Å². The van der Waals surface area contributed by atoms with Gasteiger partial charge in [0.1, 0.15) is 0 Å². The molecule has 2 aliphatic rings. The van der Waals surface area contributed by atoms with Gasteiger partial charge in [-0.05, 0) is 24.3 Å². The van der Waals surface area contributed by atoms with Crippen LogP contribution >= 0.6 is 15.9 Å². The van der Waals surface area contributed by atoms with Crippen LogP contribution in [0.1, 0.15) is 0 Å². The van der Waals surface area contributed by atoms with Gasteiger partial charge in [-0.3, -0.25) is 0 Å². The van der Waals surface area contributed by atoms with E-state index in [1.807, 2.05) is 0 Å². The van der Waals surface area contributed by atoms with Gasteiger partial charge in [-0.1, -0.05) is 28.1 Å². The van der Waals surface area contributed by atoms with E-state index in [0.717, 1.165) is 16.3 Å².